The molecule has 1 aliphatic carbocycles. The van der Waals surface area contributed by atoms with Crippen molar-refractivity contribution in [1.29, 1.82) is 0 Å². The van der Waals surface area contributed by atoms with Crippen molar-refractivity contribution in [3.8, 4) is 0 Å². The summed E-state index contributed by atoms with van der Waals surface area (Å²) in [6, 6.07) is 5.76. The predicted molar refractivity (Wildman–Crippen MR) is 99.3 cm³/mol. The van der Waals surface area contributed by atoms with E-state index in [-0.39, 0.29) is 17.3 Å². The third kappa shape index (κ3) is 4.40. The van der Waals surface area contributed by atoms with Gasteiger partial charge in [0, 0.05) is 30.8 Å². The summed E-state index contributed by atoms with van der Waals surface area (Å²) >= 11 is 1.34. The molecule has 3 rings (SSSR count). The lowest BCUT2D eigenvalue weighted by atomic mass is 9.89. The lowest BCUT2D eigenvalue weighted by Gasteiger charge is -2.20. The molecule has 0 bridgehead atoms. The fourth-order valence-corrected chi connectivity index (χ4v) is 3.88. The van der Waals surface area contributed by atoms with Gasteiger partial charge in [-0.25, -0.2) is 0 Å². The minimum absolute atomic E-state index is 0.00768. The van der Waals surface area contributed by atoms with Crippen LogP contribution >= 0.6 is 11.8 Å². The number of non-ortho nitro benzene ring substituents is 1. The van der Waals surface area contributed by atoms with Crippen LogP contribution in [-0.2, 0) is 11.8 Å². The molecule has 0 spiro atoms. The summed E-state index contributed by atoms with van der Waals surface area (Å²) in [7, 11) is 1.94. The van der Waals surface area contributed by atoms with E-state index in [0.29, 0.717) is 11.6 Å². The minimum Gasteiger partial charge on any atom is -0.325 e. The first-order valence-corrected chi connectivity index (χ1v) is 9.59. The molecule has 1 saturated carbocycles. The molecule has 26 heavy (non-hydrogen) atoms. The molecule has 0 atom stereocenters. The number of rotatable bonds is 6. The highest BCUT2D eigenvalue weighted by molar-refractivity contribution is 7.99. The number of aromatic nitrogens is 3. The van der Waals surface area contributed by atoms with Crippen LogP contribution in [0.5, 0.6) is 0 Å². The second-order valence-corrected chi connectivity index (χ2v) is 7.32. The zero-order valence-corrected chi connectivity index (χ0v) is 15.4. The molecule has 8 nitrogen and oxygen atoms in total. The first kappa shape index (κ1) is 18.4. The van der Waals surface area contributed by atoms with E-state index in [9.17, 15) is 14.9 Å². The standard InChI is InChI=1S/C17H21N5O3S/c1-21-16(12-5-3-2-4-6-12)19-20-17(21)26-11-15(23)18-13-7-9-14(10-8-13)22(24)25/h7-10,12H,2-6,11H2,1H3,(H,18,23). The largest absolute Gasteiger partial charge is 0.325 e. The van der Waals surface area contributed by atoms with Crippen molar-refractivity contribution in [2.45, 2.75) is 43.2 Å². The highest BCUT2D eigenvalue weighted by atomic mass is 32.2. The minimum atomic E-state index is -0.473. The van der Waals surface area contributed by atoms with Gasteiger partial charge in [0.15, 0.2) is 5.16 Å². The van der Waals surface area contributed by atoms with Crippen molar-refractivity contribution < 1.29 is 9.72 Å². The lowest BCUT2D eigenvalue weighted by molar-refractivity contribution is -0.384. The van der Waals surface area contributed by atoms with E-state index < -0.39 is 4.92 Å². The van der Waals surface area contributed by atoms with Crippen LogP contribution in [0, 0.1) is 10.1 Å². The molecule has 1 fully saturated rings. The Labute approximate surface area is 155 Å². The van der Waals surface area contributed by atoms with Gasteiger partial charge < -0.3 is 9.88 Å². The number of anilines is 1. The topological polar surface area (TPSA) is 103 Å². The van der Waals surface area contributed by atoms with Gasteiger partial charge in [-0.05, 0) is 25.0 Å². The van der Waals surface area contributed by atoms with Gasteiger partial charge in [-0.2, -0.15) is 0 Å². The Bertz CT molecular complexity index is 784. The lowest BCUT2D eigenvalue weighted by Crippen LogP contribution is -2.15. The summed E-state index contributed by atoms with van der Waals surface area (Å²) in [4.78, 5) is 22.3. The van der Waals surface area contributed by atoms with E-state index in [1.54, 1.807) is 0 Å². The molecule has 9 heteroatoms. The zero-order chi connectivity index (χ0) is 18.5. The molecule has 1 heterocycles. The van der Waals surface area contributed by atoms with Crippen molar-refractivity contribution in [3.05, 3.63) is 40.2 Å². The molecule has 0 unspecified atom stereocenters. The second-order valence-electron chi connectivity index (χ2n) is 6.38. The van der Waals surface area contributed by atoms with Gasteiger partial charge in [0.2, 0.25) is 5.91 Å². The van der Waals surface area contributed by atoms with E-state index in [1.165, 1.54) is 55.3 Å². The number of benzene rings is 1. The number of hydrogen-bond acceptors (Lipinski definition) is 6. The van der Waals surface area contributed by atoms with Gasteiger partial charge in [0.25, 0.3) is 5.69 Å². The number of thioether (sulfide) groups is 1. The van der Waals surface area contributed by atoms with E-state index in [4.69, 9.17) is 0 Å². The number of carbonyl (C=O) groups is 1. The molecule has 138 valence electrons. The van der Waals surface area contributed by atoms with Gasteiger partial charge in [0.05, 0.1) is 10.7 Å². The van der Waals surface area contributed by atoms with Gasteiger partial charge in [-0.1, -0.05) is 31.0 Å². The van der Waals surface area contributed by atoms with Crippen molar-refractivity contribution in [2.75, 3.05) is 11.1 Å². The van der Waals surface area contributed by atoms with Crippen molar-refractivity contribution in [1.82, 2.24) is 14.8 Å². The Morgan fingerprint density at radius 3 is 2.62 bits per heavy atom. The Balaban J connectivity index is 1.54. The SMILES string of the molecule is Cn1c(SCC(=O)Nc2ccc([N+](=O)[O-])cc2)nnc1C1CCCCC1. The summed E-state index contributed by atoms with van der Waals surface area (Å²) in [5, 5.41) is 22.6. The fourth-order valence-electron chi connectivity index (χ4n) is 3.16. The van der Waals surface area contributed by atoms with Gasteiger partial charge in [-0.15, -0.1) is 10.2 Å². The number of nitro benzene ring substituents is 1. The van der Waals surface area contributed by atoms with Crippen LogP contribution in [0.1, 0.15) is 43.8 Å². The third-order valence-electron chi connectivity index (χ3n) is 4.53. The maximum absolute atomic E-state index is 12.1. The summed E-state index contributed by atoms with van der Waals surface area (Å²) in [6.07, 6.45) is 6.06. The Morgan fingerprint density at radius 2 is 1.96 bits per heavy atom. The van der Waals surface area contributed by atoms with E-state index in [0.717, 1.165) is 23.8 Å². The van der Waals surface area contributed by atoms with Crippen LogP contribution in [0.15, 0.2) is 29.4 Å². The van der Waals surface area contributed by atoms with Crippen molar-refractivity contribution in [2.24, 2.45) is 7.05 Å². The second kappa shape index (κ2) is 8.31. The molecule has 1 amide bonds. The Morgan fingerprint density at radius 1 is 1.27 bits per heavy atom. The predicted octanol–water partition coefficient (Wildman–Crippen LogP) is 3.50. The molecule has 1 aromatic heterocycles. The maximum atomic E-state index is 12.1. The number of carbonyl (C=O) groups excluding carboxylic acids is 1. The van der Waals surface area contributed by atoms with Crippen molar-refractivity contribution in [3.63, 3.8) is 0 Å². The maximum Gasteiger partial charge on any atom is 0.269 e. The first-order chi connectivity index (χ1) is 12.5. The zero-order valence-electron chi connectivity index (χ0n) is 14.6. The van der Waals surface area contributed by atoms with Crippen LogP contribution in [0.4, 0.5) is 11.4 Å². The molecule has 1 aromatic carbocycles. The van der Waals surface area contributed by atoms with Crippen LogP contribution < -0.4 is 5.32 Å². The molecule has 2 aromatic rings. The third-order valence-corrected chi connectivity index (χ3v) is 5.55. The fraction of sp³-hybridized carbons (Fsp3) is 0.471. The molecular formula is C17H21N5O3S. The van der Waals surface area contributed by atoms with Crippen LogP contribution in [0.3, 0.4) is 0 Å². The number of nitrogens with one attached hydrogen (secondary N) is 1. The number of hydrogen-bond donors (Lipinski definition) is 1. The summed E-state index contributed by atoms with van der Waals surface area (Å²) in [5.74, 6) is 1.48. The quantitative estimate of drug-likeness (QED) is 0.471. The first-order valence-electron chi connectivity index (χ1n) is 8.61. The monoisotopic (exact) mass is 375 g/mol. The number of nitro groups is 1. The average Bonchev–Trinajstić information content (AvgIpc) is 3.02. The highest BCUT2D eigenvalue weighted by Crippen LogP contribution is 2.32. The Kier molecular flexibility index (Phi) is 5.87. The average molecular weight is 375 g/mol. The van der Waals surface area contributed by atoms with Gasteiger partial charge >= 0.3 is 0 Å². The van der Waals surface area contributed by atoms with E-state index in [2.05, 4.69) is 15.5 Å². The molecular weight excluding hydrogens is 354 g/mol. The number of nitrogens with zero attached hydrogens (tertiary/aromatic N) is 4. The van der Waals surface area contributed by atoms with Crippen LogP contribution in [-0.4, -0.2) is 31.3 Å². The molecule has 0 saturated heterocycles. The van der Waals surface area contributed by atoms with Gasteiger partial charge in [0.1, 0.15) is 5.82 Å². The normalized spacial score (nSPS) is 15.0. The smallest absolute Gasteiger partial charge is 0.269 e. The van der Waals surface area contributed by atoms with Crippen molar-refractivity contribution >= 4 is 29.0 Å². The van der Waals surface area contributed by atoms with Crippen LogP contribution in [0.25, 0.3) is 0 Å². The van der Waals surface area contributed by atoms with Crippen LogP contribution in [0.2, 0.25) is 0 Å². The summed E-state index contributed by atoms with van der Waals surface area (Å²) in [5.41, 5.74) is 0.522. The highest BCUT2D eigenvalue weighted by Gasteiger charge is 2.22. The Hall–Kier alpha value is -2.42. The molecule has 0 radical (unpaired) electrons. The summed E-state index contributed by atoms with van der Waals surface area (Å²) < 4.78 is 1.99. The number of amides is 1. The van der Waals surface area contributed by atoms with E-state index in [1.807, 2.05) is 11.6 Å². The molecule has 1 aliphatic rings. The molecule has 1 N–H and O–H groups in total. The summed E-state index contributed by atoms with van der Waals surface area (Å²) in [6.45, 7) is 0. The van der Waals surface area contributed by atoms with Gasteiger partial charge in [-0.3, -0.25) is 14.9 Å². The molecule has 0 aliphatic heterocycles. The van der Waals surface area contributed by atoms with E-state index >= 15 is 0 Å².